The highest BCUT2D eigenvalue weighted by atomic mass is 16.6. The quantitative estimate of drug-likeness (QED) is 0.187. The van der Waals surface area contributed by atoms with E-state index in [-0.39, 0.29) is 19.4 Å². The van der Waals surface area contributed by atoms with Crippen LogP contribution in [0.2, 0.25) is 6.32 Å². The summed E-state index contributed by atoms with van der Waals surface area (Å²) in [4.78, 5) is 27.0. The first-order chi connectivity index (χ1) is 9.61. The Morgan fingerprint density at radius 2 is 2.00 bits per heavy atom. The van der Waals surface area contributed by atoms with E-state index >= 15 is 0 Å². The average Bonchev–Trinajstić information content (AvgIpc) is 2.35. The summed E-state index contributed by atoms with van der Waals surface area (Å²) in [5, 5.41) is 3.38. The fourth-order valence-corrected chi connectivity index (χ4v) is 1.50. The van der Waals surface area contributed by atoms with E-state index in [0.29, 0.717) is 19.4 Å². The topological polar surface area (TPSA) is 105 Å². The van der Waals surface area contributed by atoms with E-state index in [0.717, 1.165) is 0 Å². The second-order valence-corrected chi connectivity index (χ2v) is 4.20. The molecule has 0 aromatic carbocycles. The summed E-state index contributed by atoms with van der Waals surface area (Å²) < 4.78 is 9.97. The van der Waals surface area contributed by atoms with Crippen LogP contribution < -0.4 is 0 Å². The molecule has 0 saturated carbocycles. The number of carbonyl (C=O) groups is 2. The SMILES string of the molecule is CN1CC(=O)OB(CC#CCCCN=[N+]=[N-])OC(=O)C1. The number of azide groups is 1. The molecule has 1 rings (SSSR count). The Bertz CT molecular complexity index is 447. The molecular formula is C11H15BN4O4. The molecule has 1 fully saturated rings. The second kappa shape index (κ2) is 8.85. The van der Waals surface area contributed by atoms with E-state index in [1.165, 1.54) is 4.90 Å². The van der Waals surface area contributed by atoms with Gasteiger partial charge in [0, 0.05) is 17.9 Å². The summed E-state index contributed by atoms with van der Waals surface area (Å²) in [5.41, 5.74) is 8.08. The smallest absolute Gasteiger partial charge is 0.498 e. The molecule has 0 atom stereocenters. The van der Waals surface area contributed by atoms with Crippen molar-refractivity contribution in [1.82, 2.24) is 4.90 Å². The monoisotopic (exact) mass is 278 g/mol. The Morgan fingerprint density at radius 1 is 1.35 bits per heavy atom. The Balaban J connectivity index is 2.37. The van der Waals surface area contributed by atoms with Crippen LogP contribution in [0.25, 0.3) is 10.4 Å². The lowest BCUT2D eigenvalue weighted by molar-refractivity contribution is -0.145. The van der Waals surface area contributed by atoms with E-state index in [9.17, 15) is 9.59 Å². The first-order valence-electron chi connectivity index (χ1n) is 6.16. The van der Waals surface area contributed by atoms with Gasteiger partial charge in [0.15, 0.2) is 0 Å². The largest absolute Gasteiger partial charge is 0.611 e. The van der Waals surface area contributed by atoms with Gasteiger partial charge < -0.3 is 9.31 Å². The summed E-state index contributed by atoms with van der Waals surface area (Å²) in [6, 6.07) is 0. The third-order valence-electron chi connectivity index (χ3n) is 2.34. The van der Waals surface area contributed by atoms with Crippen molar-refractivity contribution >= 4 is 19.1 Å². The van der Waals surface area contributed by atoms with Crippen molar-refractivity contribution in [3.8, 4) is 11.8 Å². The standard InChI is InChI=1S/C11H15BN4O4/c1-16-8-10(17)19-12(20-11(18)9-16)6-4-2-3-5-7-14-15-13/h3,5-9H2,1H3. The van der Waals surface area contributed by atoms with E-state index in [1.807, 2.05) is 0 Å². The van der Waals surface area contributed by atoms with Crippen molar-refractivity contribution in [3.05, 3.63) is 10.4 Å². The molecule has 1 aliphatic heterocycles. The Labute approximate surface area is 117 Å². The molecule has 9 heteroatoms. The van der Waals surface area contributed by atoms with Gasteiger partial charge in [0.1, 0.15) is 0 Å². The van der Waals surface area contributed by atoms with E-state index in [1.54, 1.807) is 7.05 Å². The molecule has 0 radical (unpaired) electrons. The summed E-state index contributed by atoms with van der Waals surface area (Å²) >= 11 is 0. The molecule has 8 nitrogen and oxygen atoms in total. The zero-order valence-electron chi connectivity index (χ0n) is 11.2. The maximum Gasteiger partial charge on any atom is 0.611 e. The molecule has 0 aromatic rings. The van der Waals surface area contributed by atoms with Gasteiger partial charge in [-0.05, 0) is 19.0 Å². The molecule has 0 aliphatic carbocycles. The Kier molecular flexibility index (Phi) is 7.03. The van der Waals surface area contributed by atoms with Gasteiger partial charge in [0.2, 0.25) is 0 Å². The molecule has 0 aromatic heterocycles. The average molecular weight is 278 g/mol. The lowest BCUT2D eigenvalue weighted by Crippen LogP contribution is -2.42. The highest BCUT2D eigenvalue weighted by Gasteiger charge is 2.30. The maximum atomic E-state index is 11.4. The van der Waals surface area contributed by atoms with Crippen LogP contribution in [0, 0.1) is 11.8 Å². The normalized spacial score (nSPS) is 15.9. The Morgan fingerprint density at radius 3 is 2.60 bits per heavy atom. The van der Waals surface area contributed by atoms with Crippen LogP contribution in [0.3, 0.4) is 0 Å². The number of hydrogen-bond donors (Lipinski definition) is 0. The van der Waals surface area contributed by atoms with Gasteiger partial charge in [-0.2, -0.15) is 0 Å². The molecular weight excluding hydrogens is 263 g/mol. The fourth-order valence-electron chi connectivity index (χ4n) is 1.50. The zero-order chi connectivity index (χ0) is 14.8. The molecule has 1 saturated heterocycles. The van der Waals surface area contributed by atoms with Crippen molar-refractivity contribution in [2.45, 2.75) is 19.2 Å². The lowest BCUT2D eigenvalue weighted by Gasteiger charge is -2.21. The molecule has 0 unspecified atom stereocenters. The van der Waals surface area contributed by atoms with Crippen LogP contribution in [0.1, 0.15) is 12.8 Å². The molecule has 1 heterocycles. The van der Waals surface area contributed by atoms with Gasteiger partial charge in [-0.1, -0.05) is 5.11 Å². The van der Waals surface area contributed by atoms with Crippen LogP contribution in [0.4, 0.5) is 0 Å². The number of carbonyl (C=O) groups excluding carboxylic acids is 2. The predicted molar refractivity (Wildman–Crippen MR) is 71.3 cm³/mol. The molecule has 1 aliphatic rings. The first-order valence-corrected chi connectivity index (χ1v) is 6.16. The molecule has 0 bridgehead atoms. The van der Waals surface area contributed by atoms with Crippen LogP contribution in [-0.4, -0.2) is 50.6 Å². The minimum Gasteiger partial charge on any atom is -0.498 e. The Hall–Kier alpha value is -2.17. The predicted octanol–water partition coefficient (Wildman–Crippen LogP) is 0.600. The fraction of sp³-hybridized carbons (Fsp3) is 0.636. The first kappa shape index (κ1) is 15.9. The van der Waals surface area contributed by atoms with Gasteiger partial charge in [0.05, 0.1) is 19.4 Å². The van der Waals surface area contributed by atoms with Crippen molar-refractivity contribution in [1.29, 1.82) is 0 Å². The second-order valence-electron chi connectivity index (χ2n) is 4.20. The maximum absolute atomic E-state index is 11.4. The van der Waals surface area contributed by atoms with Gasteiger partial charge in [-0.15, -0.1) is 11.8 Å². The van der Waals surface area contributed by atoms with Crippen molar-refractivity contribution in [2.75, 3.05) is 26.7 Å². The van der Waals surface area contributed by atoms with Crippen molar-refractivity contribution in [3.63, 3.8) is 0 Å². The molecule has 106 valence electrons. The molecule has 0 N–H and O–H groups in total. The number of rotatable bonds is 4. The van der Waals surface area contributed by atoms with E-state index < -0.39 is 19.1 Å². The zero-order valence-corrected chi connectivity index (χ0v) is 11.2. The summed E-state index contributed by atoms with van der Waals surface area (Å²) in [6.07, 6.45) is 1.37. The van der Waals surface area contributed by atoms with Gasteiger partial charge >= 0.3 is 19.1 Å². The summed E-state index contributed by atoms with van der Waals surface area (Å²) in [7, 11) is 0.681. The van der Waals surface area contributed by atoms with Crippen LogP contribution in [0.15, 0.2) is 5.11 Å². The highest BCUT2D eigenvalue weighted by molar-refractivity contribution is 6.50. The van der Waals surface area contributed by atoms with Gasteiger partial charge in [0.25, 0.3) is 0 Å². The van der Waals surface area contributed by atoms with Gasteiger partial charge in [-0.3, -0.25) is 14.5 Å². The number of likely N-dealkylation sites (N-methyl/N-ethyl adjacent to an activating group) is 1. The number of nitrogens with zero attached hydrogens (tertiary/aromatic N) is 4. The minimum atomic E-state index is -0.951. The van der Waals surface area contributed by atoms with Crippen molar-refractivity contribution in [2.24, 2.45) is 5.11 Å². The van der Waals surface area contributed by atoms with Crippen molar-refractivity contribution < 1.29 is 18.9 Å². The molecule has 0 spiro atoms. The third-order valence-corrected chi connectivity index (χ3v) is 2.34. The minimum absolute atomic E-state index is 0.0468. The number of hydrogen-bond acceptors (Lipinski definition) is 6. The summed E-state index contributed by atoms with van der Waals surface area (Å²) in [6.45, 7) is 0.487. The van der Waals surface area contributed by atoms with Gasteiger partial charge in [-0.25, -0.2) is 0 Å². The molecule has 20 heavy (non-hydrogen) atoms. The highest BCUT2D eigenvalue weighted by Crippen LogP contribution is 2.03. The van der Waals surface area contributed by atoms with Crippen LogP contribution in [-0.2, 0) is 18.9 Å². The van der Waals surface area contributed by atoms with Crippen LogP contribution in [0.5, 0.6) is 0 Å². The van der Waals surface area contributed by atoms with E-state index in [4.69, 9.17) is 14.8 Å². The number of unbranched alkanes of at least 4 members (excludes halogenated alkanes) is 1. The summed E-state index contributed by atoms with van der Waals surface area (Å²) in [5.74, 6) is 4.72. The third kappa shape index (κ3) is 6.68. The van der Waals surface area contributed by atoms with Crippen LogP contribution >= 0.6 is 0 Å². The lowest BCUT2D eigenvalue weighted by atomic mass is 9.84. The molecule has 0 amide bonds. The van der Waals surface area contributed by atoms with E-state index in [2.05, 4.69) is 21.9 Å².